The molecule has 2 N–H and O–H groups in total. The van der Waals surface area contributed by atoms with E-state index in [1.807, 2.05) is 41.8 Å². The number of aromatic nitrogens is 3. The second kappa shape index (κ2) is 5.82. The first-order valence-corrected chi connectivity index (χ1v) is 8.08. The van der Waals surface area contributed by atoms with Gasteiger partial charge in [-0.25, -0.2) is 0 Å². The van der Waals surface area contributed by atoms with Crippen molar-refractivity contribution >= 4 is 23.7 Å². The summed E-state index contributed by atoms with van der Waals surface area (Å²) >= 11 is 6.40. The third kappa shape index (κ3) is 2.51. The van der Waals surface area contributed by atoms with Crippen molar-refractivity contribution in [1.82, 2.24) is 14.8 Å². The number of carbonyl (C=O) groups excluding carboxylic acids is 1. The molecule has 0 spiro atoms. The standard InChI is InChI=1S/C18H14ClN5O/c1-10-22-23-16-9-21-17(12-4-2-3-5-14(12)19)13-8-11(18(20)25)6-7-15(13)24(10)16/h2-9,17H,1H3,(H2,20,25). The van der Waals surface area contributed by atoms with Crippen LogP contribution in [0.1, 0.15) is 39.2 Å². The van der Waals surface area contributed by atoms with Gasteiger partial charge in [0, 0.05) is 16.1 Å². The average molecular weight is 352 g/mol. The van der Waals surface area contributed by atoms with Gasteiger partial charge in [-0.3, -0.25) is 14.4 Å². The summed E-state index contributed by atoms with van der Waals surface area (Å²) in [6.45, 7) is 1.87. The highest BCUT2D eigenvalue weighted by Crippen LogP contribution is 2.37. The van der Waals surface area contributed by atoms with E-state index in [0.29, 0.717) is 16.4 Å². The number of aliphatic imine (C=N–C) groups is 1. The lowest BCUT2D eigenvalue weighted by atomic mass is 9.95. The molecule has 0 saturated heterocycles. The summed E-state index contributed by atoms with van der Waals surface area (Å²) in [5.74, 6) is 0.865. The van der Waals surface area contributed by atoms with Gasteiger partial charge in [0.25, 0.3) is 0 Å². The van der Waals surface area contributed by atoms with Gasteiger partial charge in [0.05, 0.1) is 11.9 Å². The topological polar surface area (TPSA) is 86.2 Å². The van der Waals surface area contributed by atoms with Crippen LogP contribution in [-0.4, -0.2) is 26.9 Å². The van der Waals surface area contributed by atoms with Crippen LogP contribution in [-0.2, 0) is 0 Å². The van der Waals surface area contributed by atoms with E-state index in [-0.39, 0.29) is 6.04 Å². The van der Waals surface area contributed by atoms with Crippen molar-refractivity contribution in [3.05, 3.63) is 75.8 Å². The maximum absolute atomic E-state index is 11.7. The monoisotopic (exact) mass is 351 g/mol. The fraction of sp³-hybridized carbons (Fsp3) is 0.111. The molecule has 4 rings (SSSR count). The quantitative estimate of drug-likeness (QED) is 0.770. The summed E-state index contributed by atoms with van der Waals surface area (Å²) in [6.07, 6.45) is 1.68. The number of carbonyl (C=O) groups is 1. The largest absolute Gasteiger partial charge is 0.366 e. The first kappa shape index (κ1) is 15.5. The van der Waals surface area contributed by atoms with Crippen LogP contribution in [0.25, 0.3) is 5.69 Å². The molecule has 2 aromatic carbocycles. The Morgan fingerprint density at radius 2 is 1.96 bits per heavy atom. The van der Waals surface area contributed by atoms with E-state index in [1.54, 1.807) is 18.3 Å². The number of nitrogens with two attached hydrogens (primary N) is 1. The van der Waals surface area contributed by atoms with Crippen LogP contribution in [0.3, 0.4) is 0 Å². The fourth-order valence-corrected chi connectivity index (χ4v) is 3.30. The summed E-state index contributed by atoms with van der Waals surface area (Å²) < 4.78 is 1.90. The van der Waals surface area contributed by atoms with Gasteiger partial charge in [0.15, 0.2) is 5.82 Å². The number of rotatable bonds is 2. The maximum atomic E-state index is 11.7. The zero-order valence-electron chi connectivity index (χ0n) is 13.3. The van der Waals surface area contributed by atoms with E-state index in [4.69, 9.17) is 17.3 Å². The average Bonchev–Trinajstić information content (AvgIpc) is 2.88. The number of hydrogen-bond acceptors (Lipinski definition) is 4. The van der Waals surface area contributed by atoms with Crippen LogP contribution in [0.4, 0.5) is 0 Å². The molecule has 0 radical (unpaired) electrons. The highest BCUT2D eigenvalue weighted by molar-refractivity contribution is 6.31. The molecule has 1 atom stereocenters. The van der Waals surface area contributed by atoms with E-state index >= 15 is 0 Å². The molecule has 0 bridgehead atoms. The third-order valence-corrected chi connectivity index (χ3v) is 4.58. The minimum Gasteiger partial charge on any atom is -0.366 e. The number of amides is 1. The van der Waals surface area contributed by atoms with Gasteiger partial charge >= 0.3 is 0 Å². The maximum Gasteiger partial charge on any atom is 0.248 e. The molecule has 3 aromatic rings. The number of benzene rings is 2. The van der Waals surface area contributed by atoms with Gasteiger partial charge in [-0.1, -0.05) is 29.8 Å². The minimum absolute atomic E-state index is 0.371. The molecule has 25 heavy (non-hydrogen) atoms. The van der Waals surface area contributed by atoms with Crippen molar-refractivity contribution in [1.29, 1.82) is 0 Å². The lowest BCUT2D eigenvalue weighted by Crippen LogP contribution is -2.13. The Morgan fingerprint density at radius 3 is 2.72 bits per heavy atom. The number of primary amides is 1. The number of hydrogen-bond donors (Lipinski definition) is 1. The van der Waals surface area contributed by atoms with Crippen molar-refractivity contribution in [3.8, 4) is 5.69 Å². The summed E-state index contributed by atoms with van der Waals surface area (Å²) in [7, 11) is 0. The van der Waals surface area contributed by atoms with E-state index in [2.05, 4.69) is 15.2 Å². The lowest BCUT2D eigenvalue weighted by Gasteiger charge is -2.18. The van der Waals surface area contributed by atoms with Gasteiger partial charge in [0.1, 0.15) is 11.9 Å². The number of fused-ring (bicyclic) bond motifs is 3. The smallest absolute Gasteiger partial charge is 0.248 e. The zero-order valence-corrected chi connectivity index (χ0v) is 14.1. The van der Waals surface area contributed by atoms with Crippen LogP contribution < -0.4 is 5.73 Å². The molecule has 2 heterocycles. The van der Waals surface area contributed by atoms with Crippen LogP contribution in [0.2, 0.25) is 5.02 Å². The fourth-order valence-electron chi connectivity index (χ4n) is 3.06. The third-order valence-electron chi connectivity index (χ3n) is 4.24. The molecule has 124 valence electrons. The van der Waals surface area contributed by atoms with Crippen molar-refractivity contribution in [3.63, 3.8) is 0 Å². The second-order valence-electron chi connectivity index (χ2n) is 5.78. The van der Waals surface area contributed by atoms with E-state index in [0.717, 1.165) is 22.6 Å². The molecule has 0 fully saturated rings. The zero-order chi connectivity index (χ0) is 17.6. The predicted octanol–water partition coefficient (Wildman–Crippen LogP) is 2.85. The van der Waals surface area contributed by atoms with Gasteiger partial charge in [-0.2, -0.15) is 0 Å². The Kier molecular flexibility index (Phi) is 3.62. The summed E-state index contributed by atoms with van der Waals surface area (Å²) in [4.78, 5) is 16.3. The van der Waals surface area contributed by atoms with Gasteiger partial charge < -0.3 is 5.73 Å². The first-order valence-electron chi connectivity index (χ1n) is 7.70. The molecule has 0 aliphatic carbocycles. The first-order chi connectivity index (χ1) is 12.1. The van der Waals surface area contributed by atoms with Gasteiger partial charge in [-0.15, -0.1) is 10.2 Å². The normalized spacial score (nSPS) is 15.4. The number of aryl methyl sites for hydroxylation is 1. The molecule has 1 unspecified atom stereocenters. The lowest BCUT2D eigenvalue weighted by molar-refractivity contribution is 0.1000. The molecule has 1 aliphatic rings. The van der Waals surface area contributed by atoms with Gasteiger partial charge in [-0.05, 0) is 36.8 Å². The number of halogens is 1. The molecule has 1 aromatic heterocycles. The Morgan fingerprint density at radius 1 is 1.16 bits per heavy atom. The Balaban J connectivity index is 2.02. The van der Waals surface area contributed by atoms with E-state index < -0.39 is 5.91 Å². The van der Waals surface area contributed by atoms with E-state index in [1.165, 1.54) is 0 Å². The highest BCUT2D eigenvalue weighted by Gasteiger charge is 2.25. The summed E-state index contributed by atoms with van der Waals surface area (Å²) in [6, 6.07) is 12.4. The molecule has 6 nitrogen and oxygen atoms in total. The van der Waals surface area contributed by atoms with Crippen molar-refractivity contribution in [2.75, 3.05) is 0 Å². The summed E-state index contributed by atoms with van der Waals surface area (Å²) in [5, 5.41) is 8.88. The Hall–Kier alpha value is -2.99. The molecule has 1 amide bonds. The van der Waals surface area contributed by atoms with Crippen LogP contribution in [0.15, 0.2) is 47.5 Å². The van der Waals surface area contributed by atoms with E-state index in [9.17, 15) is 4.79 Å². The molecular weight excluding hydrogens is 338 g/mol. The second-order valence-corrected chi connectivity index (χ2v) is 6.19. The molecule has 7 heteroatoms. The molecular formula is C18H14ClN5O. The van der Waals surface area contributed by atoms with Crippen LogP contribution in [0, 0.1) is 6.92 Å². The van der Waals surface area contributed by atoms with Crippen LogP contribution in [0.5, 0.6) is 0 Å². The van der Waals surface area contributed by atoms with Crippen molar-refractivity contribution < 1.29 is 4.79 Å². The Labute approximate surface area is 149 Å². The SMILES string of the molecule is Cc1nnc2n1-c1ccc(C(N)=O)cc1C(c1ccccc1Cl)N=C2. The number of nitrogens with zero attached hydrogens (tertiary/aromatic N) is 4. The van der Waals surface area contributed by atoms with Gasteiger partial charge in [0.2, 0.25) is 5.91 Å². The Bertz CT molecular complexity index is 1020. The van der Waals surface area contributed by atoms with Crippen molar-refractivity contribution in [2.45, 2.75) is 13.0 Å². The van der Waals surface area contributed by atoms with Crippen LogP contribution >= 0.6 is 11.6 Å². The predicted molar refractivity (Wildman–Crippen MR) is 95.5 cm³/mol. The minimum atomic E-state index is -0.491. The molecule has 0 saturated carbocycles. The highest BCUT2D eigenvalue weighted by atomic mass is 35.5. The summed E-state index contributed by atoms with van der Waals surface area (Å²) in [5.41, 5.74) is 8.41. The van der Waals surface area contributed by atoms with Crippen molar-refractivity contribution in [2.24, 2.45) is 10.7 Å². The molecule has 1 aliphatic heterocycles.